The van der Waals surface area contributed by atoms with Crippen LogP contribution in [0.15, 0.2) is 30.3 Å². The number of nitrogens with one attached hydrogen (secondary N) is 1. The van der Waals surface area contributed by atoms with Crippen molar-refractivity contribution in [3.63, 3.8) is 0 Å². The Morgan fingerprint density at radius 3 is 2.55 bits per heavy atom. The number of likely N-dealkylation sites (tertiary alicyclic amines) is 1. The second kappa shape index (κ2) is 6.11. The molecule has 1 unspecified atom stereocenters. The van der Waals surface area contributed by atoms with E-state index in [2.05, 4.69) is 24.4 Å². The van der Waals surface area contributed by atoms with Crippen LogP contribution in [0.4, 0.5) is 0 Å². The molecule has 0 aliphatic carbocycles. The lowest BCUT2D eigenvalue weighted by Gasteiger charge is -2.38. The van der Waals surface area contributed by atoms with Crippen molar-refractivity contribution in [2.24, 2.45) is 5.41 Å². The van der Waals surface area contributed by atoms with E-state index in [1.807, 2.05) is 23.1 Å². The lowest BCUT2D eigenvalue weighted by atomic mass is 9.77. The lowest BCUT2D eigenvalue weighted by Crippen LogP contribution is -2.44. The molecule has 2 heterocycles. The Balaban J connectivity index is 1.53. The minimum Gasteiger partial charge on any atom is -0.356 e. The van der Waals surface area contributed by atoms with E-state index in [9.17, 15) is 9.59 Å². The third-order valence-corrected chi connectivity index (χ3v) is 5.22. The molecular formula is C18H24N2O2. The molecule has 4 heteroatoms. The molecule has 2 aliphatic heterocycles. The van der Waals surface area contributed by atoms with Crippen molar-refractivity contribution < 1.29 is 9.59 Å². The molecule has 1 N–H and O–H groups in total. The molecule has 118 valence electrons. The smallest absolute Gasteiger partial charge is 0.223 e. The highest BCUT2D eigenvalue weighted by atomic mass is 16.2. The summed E-state index contributed by atoms with van der Waals surface area (Å²) in [5.41, 5.74) is 1.33. The zero-order chi connectivity index (χ0) is 15.6. The molecular weight excluding hydrogens is 276 g/mol. The average molecular weight is 300 g/mol. The first-order valence-corrected chi connectivity index (χ1v) is 8.17. The summed E-state index contributed by atoms with van der Waals surface area (Å²) in [5, 5.41) is 2.94. The maximum atomic E-state index is 12.5. The van der Waals surface area contributed by atoms with Crippen LogP contribution in [-0.2, 0) is 9.59 Å². The van der Waals surface area contributed by atoms with E-state index in [4.69, 9.17) is 0 Å². The fourth-order valence-electron chi connectivity index (χ4n) is 3.63. The van der Waals surface area contributed by atoms with Gasteiger partial charge in [-0.05, 0) is 29.7 Å². The van der Waals surface area contributed by atoms with E-state index in [0.29, 0.717) is 12.8 Å². The fourth-order valence-corrected chi connectivity index (χ4v) is 3.63. The highest BCUT2D eigenvalue weighted by Gasteiger charge is 2.41. The van der Waals surface area contributed by atoms with E-state index in [1.165, 1.54) is 5.56 Å². The number of carbonyl (C=O) groups excluding carboxylic acids is 2. The van der Waals surface area contributed by atoms with Crippen LogP contribution in [-0.4, -0.2) is 36.3 Å². The van der Waals surface area contributed by atoms with Crippen LogP contribution in [0.5, 0.6) is 0 Å². The molecule has 0 saturated carbocycles. The Hall–Kier alpha value is -1.84. The molecule has 1 atom stereocenters. The van der Waals surface area contributed by atoms with Crippen LogP contribution in [0.3, 0.4) is 0 Å². The Bertz CT molecular complexity index is 547. The van der Waals surface area contributed by atoms with E-state index in [1.54, 1.807) is 0 Å². The Morgan fingerprint density at radius 1 is 1.27 bits per heavy atom. The van der Waals surface area contributed by atoms with Crippen LogP contribution in [0, 0.1) is 5.41 Å². The molecule has 22 heavy (non-hydrogen) atoms. The largest absolute Gasteiger partial charge is 0.356 e. The van der Waals surface area contributed by atoms with E-state index >= 15 is 0 Å². The standard InChI is InChI=1S/C18H24N2O2/c1-14(15-5-3-2-4-6-15)11-17(22)20-9-7-18(8-10-20)12-16(21)19-13-18/h2-6,14H,7-13H2,1H3,(H,19,21). The molecule has 4 nitrogen and oxygen atoms in total. The van der Waals surface area contributed by atoms with Gasteiger partial charge in [-0.2, -0.15) is 0 Å². The van der Waals surface area contributed by atoms with Gasteiger partial charge in [-0.1, -0.05) is 37.3 Å². The highest BCUT2D eigenvalue weighted by Crippen LogP contribution is 2.37. The van der Waals surface area contributed by atoms with Crippen molar-refractivity contribution >= 4 is 11.8 Å². The minimum atomic E-state index is 0.110. The zero-order valence-electron chi connectivity index (χ0n) is 13.2. The van der Waals surface area contributed by atoms with Crippen molar-refractivity contribution in [2.75, 3.05) is 19.6 Å². The van der Waals surface area contributed by atoms with Crippen LogP contribution in [0.25, 0.3) is 0 Å². The van der Waals surface area contributed by atoms with Gasteiger partial charge < -0.3 is 10.2 Å². The average Bonchev–Trinajstić information content (AvgIpc) is 2.89. The summed E-state index contributed by atoms with van der Waals surface area (Å²) in [7, 11) is 0. The number of piperidine rings is 1. The predicted octanol–water partition coefficient (Wildman–Crippen LogP) is 2.31. The molecule has 0 bridgehead atoms. The summed E-state index contributed by atoms with van der Waals surface area (Å²) >= 11 is 0. The van der Waals surface area contributed by atoms with Gasteiger partial charge in [0, 0.05) is 32.5 Å². The van der Waals surface area contributed by atoms with Gasteiger partial charge in [0.15, 0.2) is 0 Å². The maximum absolute atomic E-state index is 12.5. The van der Waals surface area contributed by atoms with Gasteiger partial charge in [-0.3, -0.25) is 9.59 Å². The molecule has 0 aromatic heterocycles. The van der Waals surface area contributed by atoms with E-state index in [-0.39, 0.29) is 23.1 Å². The van der Waals surface area contributed by atoms with Gasteiger partial charge >= 0.3 is 0 Å². The van der Waals surface area contributed by atoms with Crippen molar-refractivity contribution in [2.45, 2.75) is 38.5 Å². The molecule has 1 aromatic rings. The fraction of sp³-hybridized carbons (Fsp3) is 0.556. The molecule has 2 saturated heterocycles. The van der Waals surface area contributed by atoms with Crippen LogP contribution in [0.2, 0.25) is 0 Å². The second-order valence-electron chi connectivity index (χ2n) is 6.85. The number of nitrogens with zero attached hydrogens (tertiary/aromatic N) is 1. The third-order valence-electron chi connectivity index (χ3n) is 5.22. The van der Waals surface area contributed by atoms with Gasteiger partial charge in [-0.15, -0.1) is 0 Å². The van der Waals surface area contributed by atoms with Crippen LogP contribution in [0.1, 0.15) is 44.1 Å². The highest BCUT2D eigenvalue weighted by molar-refractivity contribution is 5.80. The van der Waals surface area contributed by atoms with Gasteiger partial charge in [0.2, 0.25) is 11.8 Å². The van der Waals surface area contributed by atoms with Crippen molar-refractivity contribution in [1.82, 2.24) is 10.2 Å². The van der Waals surface area contributed by atoms with Crippen LogP contribution < -0.4 is 5.32 Å². The van der Waals surface area contributed by atoms with Crippen LogP contribution >= 0.6 is 0 Å². The number of rotatable bonds is 3. The third kappa shape index (κ3) is 3.16. The Labute approximate surface area is 131 Å². The first kappa shape index (κ1) is 15.1. The number of hydrogen-bond acceptors (Lipinski definition) is 2. The topological polar surface area (TPSA) is 49.4 Å². The second-order valence-corrected chi connectivity index (χ2v) is 6.85. The molecule has 2 fully saturated rings. The summed E-state index contributed by atoms with van der Waals surface area (Å²) in [6, 6.07) is 10.2. The number of hydrogen-bond donors (Lipinski definition) is 1. The maximum Gasteiger partial charge on any atom is 0.223 e. The summed E-state index contributed by atoms with van der Waals surface area (Å²) in [6.45, 7) is 4.47. The van der Waals surface area contributed by atoms with E-state index in [0.717, 1.165) is 32.5 Å². The number of amides is 2. The first-order valence-electron chi connectivity index (χ1n) is 8.17. The first-order chi connectivity index (χ1) is 10.6. The molecule has 2 amide bonds. The summed E-state index contributed by atoms with van der Waals surface area (Å²) < 4.78 is 0. The van der Waals surface area contributed by atoms with Gasteiger partial charge in [0.1, 0.15) is 0 Å². The zero-order valence-corrected chi connectivity index (χ0v) is 13.2. The quantitative estimate of drug-likeness (QED) is 0.931. The van der Waals surface area contributed by atoms with Crippen molar-refractivity contribution in [1.29, 1.82) is 0 Å². The van der Waals surface area contributed by atoms with Crippen molar-refractivity contribution in [3.05, 3.63) is 35.9 Å². The SMILES string of the molecule is CC(CC(=O)N1CCC2(CC1)CNC(=O)C2)c1ccccc1. The number of carbonyl (C=O) groups is 2. The Kier molecular flexibility index (Phi) is 4.19. The number of benzene rings is 1. The summed E-state index contributed by atoms with van der Waals surface area (Å²) in [4.78, 5) is 25.9. The molecule has 2 aliphatic rings. The summed E-state index contributed by atoms with van der Waals surface area (Å²) in [5.74, 6) is 0.653. The van der Waals surface area contributed by atoms with Gasteiger partial charge in [-0.25, -0.2) is 0 Å². The van der Waals surface area contributed by atoms with Gasteiger partial charge in [0.05, 0.1) is 0 Å². The van der Waals surface area contributed by atoms with Crippen molar-refractivity contribution in [3.8, 4) is 0 Å². The molecule has 3 rings (SSSR count). The predicted molar refractivity (Wildman–Crippen MR) is 85.3 cm³/mol. The normalized spacial score (nSPS) is 21.7. The van der Waals surface area contributed by atoms with E-state index < -0.39 is 0 Å². The Morgan fingerprint density at radius 2 is 1.95 bits per heavy atom. The van der Waals surface area contributed by atoms with Gasteiger partial charge in [0.25, 0.3) is 0 Å². The monoisotopic (exact) mass is 300 g/mol. The molecule has 1 spiro atoms. The summed E-state index contributed by atoms with van der Waals surface area (Å²) in [6.07, 6.45) is 3.08. The molecule has 1 aromatic carbocycles. The molecule has 0 radical (unpaired) electrons. The lowest BCUT2D eigenvalue weighted by molar-refractivity contribution is -0.133. The minimum absolute atomic E-state index is 0.110.